The lowest BCUT2D eigenvalue weighted by Gasteiger charge is -2.10. The molecule has 13 heavy (non-hydrogen) atoms. The number of nitrogens with two attached hydrogens (primary N) is 1. The summed E-state index contributed by atoms with van der Waals surface area (Å²) in [7, 11) is 0. The van der Waals surface area contributed by atoms with Crippen LogP contribution in [0.15, 0.2) is 6.20 Å². The van der Waals surface area contributed by atoms with Crippen molar-refractivity contribution in [1.29, 1.82) is 0 Å². The zero-order valence-corrected chi connectivity index (χ0v) is 9.19. The van der Waals surface area contributed by atoms with Crippen molar-refractivity contribution in [2.75, 3.05) is 0 Å². The van der Waals surface area contributed by atoms with Crippen molar-refractivity contribution in [3.05, 3.63) is 16.9 Å². The van der Waals surface area contributed by atoms with Gasteiger partial charge in [-0.05, 0) is 13.8 Å². The Morgan fingerprint density at radius 2 is 2.46 bits per heavy atom. The molecule has 72 valence electrons. The Bertz CT molecular complexity index is 302. The van der Waals surface area contributed by atoms with E-state index in [2.05, 4.69) is 5.10 Å². The molecule has 1 atom stereocenters. The van der Waals surface area contributed by atoms with Gasteiger partial charge in [-0.3, -0.25) is 4.68 Å². The summed E-state index contributed by atoms with van der Waals surface area (Å²) < 4.78 is 1.79. The molecule has 0 bridgehead atoms. The third kappa shape index (κ3) is 2.67. The van der Waals surface area contributed by atoms with Crippen LogP contribution in [0.1, 0.15) is 25.1 Å². The van der Waals surface area contributed by atoms with Crippen LogP contribution in [-0.2, 0) is 0 Å². The molecule has 0 saturated carbocycles. The lowest BCUT2D eigenvalue weighted by atomic mass is 10.2. The van der Waals surface area contributed by atoms with Crippen LogP contribution in [0.2, 0.25) is 5.02 Å². The normalized spacial score (nSPS) is 12.8. The highest BCUT2D eigenvalue weighted by Crippen LogP contribution is 2.17. The highest BCUT2D eigenvalue weighted by molar-refractivity contribution is 7.80. The van der Waals surface area contributed by atoms with Crippen LogP contribution >= 0.6 is 23.8 Å². The van der Waals surface area contributed by atoms with Crippen molar-refractivity contribution in [1.82, 2.24) is 9.78 Å². The lowest BCUT2D eigenvalue weighted by Crippen LogP contribution is -2.16. The minimum Gasteiger partial charge on any atom is -0.393 e. The predicted octanol–water partition coefficient (Wildman–Crippen LogP) is 2.08. The first kappa shape index (κ1) is 10.5. The molecular formula is C8H12ClN3S. The Morgan fingerprint density at radius 3 is 2.85 bits per heavy atom. The predicted molar refractivity (Wildman–Crippen MR) is 58.1 cm³/mol. The molecule has 0 aliphatic rings. The molecule has 3 nitrogen and oxygen atoms in total. The number of hydrogen-bond donors (Lipinski definition) is 1. The minimum absolute atomic E-state index is 0.170. The zero-order valence-electron chi connectivity index (χ0n) is 7.62. The van der Waals surface area contributed by atoms with E-state index < -0.39 is 0 Å². The molecule has 0 fully saturated rings. The maximum Gasteiger partial charge on any atom is 0.0815 e. The van der Waals surface area contributed by atoms with Crippen molar-refractivity contribution >= 4 is 28.8 Å². The van der Waals surface area contributed by atoms with Gasteiger partial charge in [-0.15, -0.1) is 0 Å². The first-order valence-corrected chi connectivity index (χ1v) is 4.79. The van der Waals surface area contributed by atoms with Crippen LogP contribution in [0.5, 0.6) is 0 Å². The molecule has 0 aliphatic heterocycles. The summed E-state index contributed by atoms with van der Waals surface area (Å²) in [6.45, 7) is 3.87. The topological polar surface area (TPSA) is 43.8 Å². The molecule has 5 heteroatoms. The molecule has 2 N–H and O–H groups in total. The van der Waals surface area contributed by atoms with Crippen molar-refractivity contribution in [2.45, 2.75) is 26.3 Å². The maximum absolute atomic E-state index is 5.86. The number of aromatic nitrogens is 2. The molecule has 0 aliphatic carbocycles. The largest absolute Gasteiger partial charge is 0.393 e. The van der Waals surface area contributed by atoms with Crippen molar-refractivity contribution in [3.8, 4) is 0 Å². The highest BCUT2D eigenvalue weighted by Gasteiger charge is 2.09. The molecular weight excluding hydrogens is 206 g/mol. The summed E-state index contributed by atoms with van der Waals surface area (Å²) in [4.78, 5) is 0.497. The van der Waals surface area contributed by atoms with E-state index in [1.165, 1.54) is 0 Å². The van der Waals surface area contributed by atoms with Crippen LogP contribution in [0.3, 0.4) is 0 Å². The molecule has 1 aromatic rings. The van der Waals surface area contributed by atoms with E-state index in [9.17, 15) is 0 Å². The average molecular weight is 218 g/mol. The van der Waals surface area contributed by atoms with Crippen LogP contribution in [-0.4, -0.2) is 14.8 Å². The SMILES string of the molecule is Cc1nn(C(C)CC(N)=S)cc1Cl. The first-order chi connectivity index (χ1) is 6.00. The van der Waals surface area contributed by atoms with E-state index in [4.69, 9.17) is 29.6 Å². The summed E-state index contributed by atoms with van der Waals surface area (Å²) in [5, 5.41) is 4.91. The van der Waals surface area contributed by atoms with Crippen LogP contribution < -0.4 is 5.73 Å². The Morgan fingerprint density at radius 1 is 1.85 bits per heavy atom. The van der Waals surface area contributed by atoms with Crippen LogP contribution in [0, 0.1) is 6.92 Å². The van der Waals surface area contributed by atoms with Gasteiger partial charge in [-0.25, -0.2) is 0 Å². The molecule has 0 saturated heterocycles. The minimum atomic E-state index is 0.170. The van der Waals surface area contributed by atoms with Gasteiger partial charge in [-0.2, -0.15) is 5.10 Å². The quantitative estimate of drug-likeness (QED) is 0.789. The summed E-state index contributed by atoms with van der Waals surface area (Å²) >= 11 is 10.7. The molecule has 0 aromatic carbocycles. The molecule has 1 aromatic heterocycles. The Hall–Kier alpha value is -0.610. The fourth-order valence-electron chi connectivity index (χ4n) is 1.07. The van der Waals surface area contributed by atoms with Gasteiger partial charge in [0.25, 0.3) is 0 Å². The molecule has 0 radical (unpaired) electrons. The Labute approximate surface area is 87.9 Å². The number of nitrogens with zero attached hydrogens (tertiary/aromatic N) is 2. The van der Waals surface area contributed by atoms with E-state index in [1.807, 2.05) is 13.8 Å². The van der Waals surface area contributed by atoms with Gasteiger partial charge >= 0.3 is 0 Å². The maximum atomic E-state index is 5.86. The van der Waals surface area contributed by atoms with E-state index in [1.54, 1.807) is 10.9 Å². The Balaban J connectivity index is 2.77. The standard InChI is InChI=1S/C8H12ClN3S/c1-5(3-8(10)13)12-4-7(9)6(2)11-12/h4-5H,3H2,1-2H3,(H2,10,13). The van der Waals surface area contributed by atoms with Crippen LogP contribution in [0.25, 0.3) is 0 Å². The van der Waals surface area contributed by atoms with E-state index in [0.29, 0.717) is 16.4 Å². The number of rotatable bonds is 3. The van der Waals surface area contributed by atoms with Gasteiger partial charge in [0.1, 0.15) is 0 Å². The molecule has 1 heterocycles. The smallest absolute Gasteiger partial charge is 0.0815 e. The first-order valence-electron chi connectivity index (χ1n) is 4.00. The second-order valence-corrected chi connectivity index (χ2v) is 3.99. The average Bonchev–Trinajstić information content (AvgIpc) is 2.31. The van der Waals surface area contributed by atoms with Gasteiger partial charge in [0.05, 0.1) is 21.7 Å². The summed E-state index contributed by atoms with van der Waals surface area (Å²) in [5.74, 6) is 0. The van der Waals surface area contributed by atoms with E-state index >= 15 is 0 Å². The van der Waals surface area contributed by atoms with Crippen molar-refractivity contribution in [3.63, 3.8) is 0 Å². The van der Waals surface area contributed by atoms with Crippen molar-refractivity contribution in [2.24, 2.45) is 5.73 Å². The van der Waals surface area contributed by atoms with Gasteiger partial charge in [0, 0.05) is 12.6 Å². The number of hydrogen-bond acceptors (Lipinski definition) is 2. The molecule has 1 rings (SSSR count). The van der Waals surface area contributed by atoms with E-state index in [0.717, 1.165) is 5.69 Å². The third-order valence-corrected chi connectivity index (χ3v) is 2.34. The van der Waals surface area contributed by atoms with Gasteiger partial charge < -0.3 is 5.73 Å². The molecule has 0 amide bonds. The summed E-state index contributed by atoms with van der Waals surface area (Å²) in [5.41, 5.74) is 6.26. The number of aryl methyl sites for hydroxylation is 1. The Kier molecular flexibility index (Phi) is 3.27. The highest BCUT2D eigenvalue weighted by atomic mass is 35.5. The van der Waals surface area contributed by atoms with Gasteiger partial charge in [0.15, 0.2) is 0 Å². The monoisotopic (exact) mass is 217 g/mol. The fourth-order valence-corrected chi connectivity index (χ4v) is 1.45. The lowest BCUT2D eigenvalue weighted by molar-refractivity contribution is 0.504. The van der Waals surface area contributed by atoms with E-state index in [-0.39, 0.29) is 6.04 Å². The van der Waals surface area contributed by atoms with Crippen molar-refractivity contribution < 1.29 is 0 Å². The molecule has 1 unspecified atom stereocenters. The van der Waals surface area contributed by atoms with Crippen LogP contribution in [0.4, 0.5) is 0 Å². The summed E-state index contributed by atoms with van der Waals surface area (Å²) in [6.07, 6.45) is 2.44. The second kappa shape index (κ2) is 4.07. The van der Waals surface area contributed by atoms with Gasteiger partial charge in [0.2, 0.25) is 0 Å². The number of thiocarbonyl (C=S) groups is 1. The van der Waals surface area contributed by atoms with Gasteiger partial charge in [-0.1, -0.05) is 23.8 Å². The third-order valence-electron chi connectivity index (χ3n) is 1.80. The zero-order chi connectivity index (χ0) is 10.0. The fraction of sp³-hybridized carbons (Fsp3) is 0.500. The second-order valence-electron chi connectivity index (χ2n) is 3.06. The number of halogens is 1. The molecule has 0 spiro atoms. The summed E-state index contributed by atoms with van der Waals surface area (Å²) in [6, 6.07) is 0.170.